The van der Waals surface area contributed by atoms with E-state index in [1.165, 1.54) is 0 Å². The van der Waals surface area contributed by atoms with Crippen LogP contribution in [0.15, 0.2) is 48.8 Å². The summed E-state index contributed by atoms with van der Waals surface area (Å²) < 4.78 is 0. The lowest BCUT2D eigenvalue weighted by atomic mass is 9.81. The number of aromatic nitrogens is 3. The van der Waals surface area contributed by atoms with Gasteiger partial charge in [0.2, 0.25) is 11.8 Å². The van der Waals surface area contributed by atoms with Crippen LogP contribution in [0.5, 0.6) is 0 Å². The molecule has 1 aromatic carbocycles. The highest BCUT2D eigenvalue weighted by molar-refractivity contribution is 5.95. The molecular formula is C26H30N6O2. The second kappa shape index (κ2) is 9.85. The smallest absolute Gasteiger partial charge is 0.228 e. The minimum Gasteiger partial charge on any atom is -0.340 e. The third kappa shape index (κ3) is 4.92. The molecule has 34 heavy (non-hydrogen) atoms. The molecule has 176 valence electrons. The van der Waals surface area contributed by atoms with Crippen LogP contribution >= 0.6 is 0 Å². The molecule has 1 saturated heterocycles. The summed E-state index contributed by atoms with van der Waals surface area (Å²) in [5.41, 5.74) is 1.77. The number of nitrogens with one attached hydrogen (secondary N) is 1. The quantitative estimate of drug-likeness (QED) is 0.646. The molecule has 0 atom stereocenters. The van der Waals surface area contributed by atoms with Crippen molar-refractivity contribution in [2.75, 3.05) is 38.5 Å². The molecule has 1 N–H and O–H groups in total. The molecule has 2 aromatic heterocycles. The zero-order valence-corrected chi connectivity index (χ0v) is 19.5. The maximum atomic E-state index is 12.9. The standard InChI is InChI=1S/C26H30N6O2/c1-31-11-13-32(14-12-31)26(34)19-6-4-18(5-7-19)25(33)29-24-16-22-15-20(8-9-21(22)17-27-24)23-3-2-10-28-30-23/h2-3,8-10,15-19H,4-7,11-14H2,1H3,(H,27,29,33). The molecule has 1 aliphatic heterocycles. The van der Waals surface area contributed by atoms with Gasteiger partial charge in [0.25, 0.3) is 0 Å². The van der Waals surface area contributed by atoms with Gasteiger partial charge in [-0.1, -0.05) is 12.1 Å². The lowest BCUT2D eigenvalue weighted by molar-refractivity contribution is -0.139. The number of fused-ring (bicyclic) bond motifs is 1. The predicted molar refractivity (Wildman–Crippen MR) is 131 cm³/mol. The summed E-state index contributed by atoms with van der Waals surface area (Å²) in [4.78, 5) is 34.5. The number of benzene rings is 1. The highest BCUT2D eigenvalue weighted by atomic mass is 16.2. The van der Waals surface area contributed by atoms with Crippen LogP contribution in [0.1, 0.15) is 25.7 Å². The summed E-state index contributed by atoms with van der Waals surface area (Å²) in [6.07, 6.45) is 6.45. The van der Waals surface area contributed by atoms with Gasteiger partial charge in [0, 0.05) is 61.4 Å². The molecule has 0 spiro atoms. The number of likely N-dealkylation sites (N-methyl/N-ethyl adjacent to an activating group) is 1. The van der Waals surface area contributed by atoms with Crippen molar-refractivity contribution in [3.63, 3.8) is 0 Å². The van der Waals surface area contributed by atoms with E-state index in [-0.39, 0.29) is 23.7 Å². The molecule has 8 heteroatoms. The highest BCUT2D eigenvalue weighted by Gasteiger charge is 2.33. The molecule has 0 bridgehead atoms. The minimum absolute atomic E-state index is 0.0116. The molecule has 8 nitrogen and oxygen atoms in total. The normalized spacial score (nSPS) is 21.4. The van der Waals surface area contributed by atoms with Gasteiger partial charge in [0.15, 0.2) is 0 Å². The van der Waals surface area contributed by atoms with E-state index in [0.29, 0.717) is 5.82 Å². The molecule has 2 fully saturated rings. The van der Waals surface area contributed by atoms with E-state index in [2.05, 4.69) is 32.4 Å². The second-order valence-corrected chi connectivity index (χ2v) is 9.41. The largest absolute Gasteiger partial charge is 0.340 e. The Bertz CT molecular complexity index is 1170. The van der Waals surface area contributed by atoms with Gasteiger partial charge in [-0.15, -0.1) is 0 Å². The average Bonchev–Trinajstić information content (AvgIpc) is 2.89. The molecule has 2 aliphatic rings. The lowest BCUT2D eigenvalue weighted by Gasteiger charge is -2.36. The number of nitrogens with zero attached hydrogens (tertiary/aromatic N) is 5. The summed E-state index contributed by atoms with van der Waals surface area (Å²) >= 11 is 0. The van der Waals surface area contributed by atoms with Gasteiger partial charge in [-0.2, -0.15) is 10.2 Å². The number of hydrogen-bond acceptors (Lipinski definition) is 6. The fourth-order valence-electron chi connectivity index (χ4n) is 4.94. The average molecular weight is 459 g/mol. The summed E-state index contributed by atoms with van der Waals surface area (Å²) in [5.74, 6) is 0.764. The van der Waals surface area contributed by atoms with Gasteiger partial charge in [-0.25, -0.2) is 4.98 Å². The second-order valence-electron chi connectivity index (χ2n) is 9.41. The van der Waals surface area contributed by atoms with Gasteiger partial charge in [-0.3, -0.25) is 9.59 Å². The van der Waals surface area contributed by atoms with Gasteiger partial charge >= 0.3 is 0 Å². The Balaban J connectivity index is 1.20. The predicted octanol–water partition coefficient (Wildman–Crippen LogP) is 3.21. The van der Waals surface area contributed by atoms with E-state index < -0.39 is 0 Å². The van der Waals surface area contributed by atoms with Crippen molar-refractivity contribution in [3.8, 4) is 11.3 Å². The Kier molecular flexibility index (Phi) is 6.49. The van der Waals surface area contributed by atoms with Crippen LogP contribution in [-0.4, -0.2) is 70.0 Å². The Labute approximate surface area is 199 Å². The van der Waals surface area contributed by atoms with Gasteiger partial charge in [0.05, 0.1) is 5.69 Å². The monoisotopic (exact) mass is 458 g/mol. The van der Waals surface area contributed by atoms with Crippen molar-refractivity contribution in [1.82, 2.24) is 25.0 Å². The first-order valence-corrected chi connectivity index (χ1v) is 12.0. The zero-order valence-electron chi connectivity index (χ0n) is 19.5. The fourth-order valence-corrected chi connectivity index (χ4v) is 4.94. The number of carbonyl (C=O) groups is 2. The van der Waals surface area contributed by atoms with E-state index in [4.69, 9.17) is 0 Å². The van der Waals surface area contributed by atoms with Crippen LogP contribution in [-0.2, 0) is 9.59 Å². The first-order valence-electron chi connectivity index (χ1n) is 12.0. The number of amides is 2. The van der Waals surface area contributed by atoms with Crippen molar-refractivity contribution in [2.45, 2.75) is 25.7 Å². The van der Waals surface area contributed by atoms with Crippen LogP contribution in [0.2, 0.25) is 0 Å². The Morgan fingerprint density at radius 2 is 1.71 bits per heavy atom. The topological polar surface area (TPSA) is 91.3 Å². The van der Waals surface area contributed by atoms with Crippen LogP contribution in [0.3, 0.4) is 0 Å². The number of anilines is 1. The van der Waals surface area contributed by atoms with Crippen molar-refractivity contribution in [1.29, 1.82) is 0 Å². The molecule has 1 aliphatic carbocycles. The molecule has 3 aromatic rings. The van der Waals surface area contributed by atoms with Crippen LogP contribution in [0.4, 0.5) is 5.82 Å². The van der Waals surface area contributed by atoms with E-state index in [1.54, 1.807) is 12.4 Å². The number of pyridine rings is 1. The Morgan fingerprint density at radius 3 is 2.44 bits per heavy atom. The van der Waals surface area contributed by atoms with Crippen LogP contribution in [0.25, 0.3) is 22.0 Å². The fraction of sp³-hybridized carbons (Fsp3) is 0.423. The van der Waals surface area contributed by atoms with Crippen molar-refractivity contribution in [2.24, 2.45) is 11.8 Å². The van der Waals surface area contributed by atoms with E-state index in [1.807, 2.05) is 41.3 Å². The van der Waals surface area contributed by atoms with Crippen molar-refractivity contribution < 1.29 is 9.59 Å². The van der Waals surface area contributed by atoms with E-state index in [9.17, 15) is 9.59 Å². The summed E-state index contributed by atoms with van der Waals surface area (Å²) in [5, 5.41) is 13.1. The number of piperazine rings is 1. The SMILES string of the molecule is CN1CCN(C(=O)C2CCC(C(=O)Nc3cc4cc(-c5cccnn5)ccc4cn3)CC2)CC1. The molecule has 5 rings (SSSR count). The first-order chi connectivity index (χ1) is 16.6. The summed E-state index contributed by atoms with van der Waals surface area (Å²) in [7, 11) is 2.09. The van der Waals surface area contributed by atoms with Gasteiger partial charge in [-0.05, 0) is 62.4 Å². The highest BCUT2D eigenvalue weighted by Crippen LogP contribution is 2.31. The lowest BCUT2D eigenvalue weighted by Crippen LogP contribution is -2.49. The van der Waals surface area contributed by atoms with Crippen molar-refractivity contribution in [3.05, 3.63) is 48.8 Å². The van der Waals surface area contributed by atoms with E-state index >= 15 is 0 Å². The molecule has 2 amide bonds. The van der Waals surface area contributed by atoms with Gasteiger partial charge < -0.3 is 15.1 Å². The first kappa shape index (κ1) is 22.4. The number of hydrogen-bond donors (Lipinski definition) is 1. The summed E-state index contributed by atoms with van der Waals surface area (Å²) in [6, 6.07) is 11.7. The zero-order chi connectivity index (χ0) is 23.5. The third-order valence-corrected chi connectivity index (χ3v) is 7.10. The molecule has 0 unspecified atom stereocenters. The molecule has 1 saturated carbocycles. The molecule has 0 radical (unpaired) electrons. The maximum absolute atomic E-state index is 12.9. The number of carbonyl (C=O) groups excluding carboxylic acids is 2. The Morgan fingerprint density at radius 1 is 0.941 bits per heavy atom. The molecule has 3 heterocycles. The van der Waals surface area contributed by atoms with Gasteiger partial charge in [0.1, 0.15) is 5.82 Å². The molecular weight excluding hydrogens is 428 g/mol. The van der Waals surface area contributed by atoms with Crippen molar-refractivity contribution >= 4 is 28.4 Å². The minimum atomic E-state index is -0.0834. The maximum Gasteiger partial charge on any atom is 0.228 e. The van der Waals surface area contributed by atoms with Crippen LogP contribution < -0.4 is 5.32 Å². The number of rotatable bonds is 4. The van der Waals surface area contributed by atoms with E-state index in [0.717, 1.165) is 73.9 Å². The summed E-state index contributed by atoms with van der Waals surface area (Å²) in [6.45, 7) is 3.48. The third-order valence-electron chi connectivity index (χ3n) is 7.10. The van der Waals surface area contributed by atoms with Crippen LogP contribution in [0, 0.1) is 11.8 Å². The Hall–Kier alpha value is -3.39.